The maximum absolute atomic E-state index is 12.1. The van der Waals surface area contributed by atoms with Gasteiger partial charge in [-0.1, -0.05) is 6.07 Å². The molecule has 3 rings (SSSR count). The van der Waals surface area contributed by atoms with Crippen molar-refractivity contribution in [3.8, 4) is 0 Å². The molecule has 0 saturated carbocycles. The second-order valence-corrected chi connectivity index (χ2v) is 9.13. The van der Waals surface area contributed by atoms with Gasteiger partial charge in [-0.05, 0) is 37.8 Å². The van der Waals surface area contributed by atoms with E-state index in [1.165, 1.54) is 0 Å². The number of carboxylic acids is 1. The molecule has 2 fully saturated rings. The van der Waals surface area contributed by atoms with Crippen LogP contribution in [0.5, 0.6) is 0 Å². The highest BCUT2D eigenvalue weighted by Gasteiger charge is 2.44. The average Bonchev–Trinajstić information content (AvgIpc) is 3.13. The Balaban J connectivity index is 0.000000396. The van der Waals surface area contributed by atoms with Gasteiger partial charge in [0.05, 0.1) is 37.2 Å². The van der Waals surface area contributed by atoms with Gasteiger partial charge < -0.3 is 14.6 Å². The van der Waals surface area contributed by atoms with Crippen LogP contribution in [0.3, 0.4) is 0 Å². The van der Waals surface area contributed by atoms with Gasteiger partial charge in [-0.25, -0.2) is 13.2 Å². The molecule has 8 nitrogen and oxygen atoms in total. The van der Waals surface area contributed by atoms with E-state index in [1.54, 1.807) is 23.6 Å². The number of halogens is 3. The van der Waals surface area contributed by atoms with Crippen molar-refractivity contribution in [1.82, 2.24) is 9.29 Å². The minimum atomic E-state index is -5.08. The SMILES string of the molecule is CCS(=O)(=O)N1CC[C@@H]2O[C@@H](COCc3cccnc3)CC[C@@H]21.O=C(O)C(F)(F)F. The first-order valence-corrected chi connectivity index (χ1v) is 11.1. The number of carboxylic acid groups (broad SMARTS) is 1. The third kappa shape index (κ3) is 6.89. The zero-order chi connectivity index (χ0) is 22.4. The zero-order valence-electron chi connectivity index (χ0n) is 16.4. The molecule has 12 heteroatoms. The Morgan fingerprint density at radius 1 is 1.37 bits per heavy atom. The molecule has 1 N–H and O–H groups in total. The number of pyridine rings is 1. The molecule has 0 radical (unpaired) electrons. The Morgan fingerprint density at radius 2 is 2.07 bits per heavy atom. The topological polar surface area (TPSA) is 106 Å². The molecule has 0 spiro atoms. The molecule has 0 aliphatic carbocycles. The quantitative estimate of drug-likeness (QED) is 0.702. The molecule has 0 unspecified atom stereocenters. The second-order valence-electron chi connectivity index (χ2n) is 6.92. The average molecular weight is 454 g/mol. The Bertz CT molecular complexity index is 791. The van der Waals surface area contributed by atoms with E-state index in [9.17, 15) is 21.6 Å². The van der Waals surface area contributed by atoms with Crippen molar-refractivity contribution in [2.24, 2.45) is 0 Å². The van der Waals surface area contributed by atoms with Crippen molar-refractivity contribution in [3.05, 3.63) is 30.1 Å². The predicted molar refractivity (Wildman–Crippen MR) is 100 cm³/mol. The lowest BCUT2D eigenvalue weighted by Crippen LogP contribution is -2.46. The first-order chi connectivity index (χ1) is 14.0. The molecule has 30 heavy (non-hydrogen) atoms. The minimum absolute atomic E-state index is 0.00882. The number of sulfonamides is 1. The first kappa shape index (κ1) is 24.5. The summed E-state index contributed by atoms with van der Waals surface area (Å²) in [4.78, 5) is 13.0. The minimum Gasteiger partial charge on any atom is -0.475 e. The molecule has 2 saturated heterocycles. The van der Waals surface area contributed by atoms with Gasteiger partial charge in [0, 0.05) is 18.9 Å². The zero-order valence-corrected chi connectivity index (χ0v) is 17.2. The molecule has 3 heterocycles. The van der Waals surface area contributed by atoms with Crippen LogP contribution in [-0.4, -0.2) is 72.1 Å². The van der Waals surface area contributed by atoms with Crippen LogP contribution in [0.2, 0.25) is 0 Å². The van der Waals surface area contributed by atoms with Gasteiger partial charge in [0.2, 0.25) is 10.0 Å². The number of carbonyl (C=O) groups is 1. The highest BCUT2D eigenvalue weighted by atomic mass is 32.2. The number of aromatic nitrogens is 1. The molecule has 2 aliphatic heterocycles. The molecule has 0 bridgehead atoms. The maximum Gasteiger partial charge on any atom is 0.490 e. The number of fused-ring (bicyclic) bond motifs is 1. The van der Waals surface area contributed by atoms with E-state index in [4.69, 9.17) is 19.4 Å². The molecule has 0 amide bonds. The molecule has 2 aliphatic rings. The molecular weight excluding hydrogens is 429 g/mol. The molecule has 170 valence electrons. The van der Waals surface area contributed by atoms with Gasteiger partial charge in [-0.15, -0.1) is 0 Å². The number of aliphatic carboxylic acids is 1. The van der Waals surface area contributed by atoms with Crippen LogP contribution in [-0.2, 0) is 30.9 Å². The predicted octanol–water partition coefficient (Wildman–Crippen LogP) is 2.20. The van der Waals surface area contributed by atoms with Gasteiger partial charge in [0.1, 0.15) is 0 Å². The summed E-state index contributed by atoms with van der Waals surface area (Å²) in [5.74, 6) is -2.60. The van der Waals surface area contributed by atoms with E-state index in [1.807, 2.05) is 12.1 Å². The molecule has 1 aromatic heterocycles. The number of ether oxygens (including phenoxy) is 2. The number of nitrogens with zero attached hydrogens (tertiary/aromatic N) is 2. The number of hydrogen-bond donors (Lipinski definition) is 1. The van der Waals surface area contributed by atoms with Crippen LogP contribution in [0, 0.1) is 0 Å². The molecule has 3 atom stereocenters. The Kier molecular flexibility index (Phi) is 8.59. The van der Waals surface area contributed by atoms with Crippen LogP contribution in [0.15, 0.2) is 24.5 Å². The third-order valence-corrected chi connectivity index (χ3v) is 6.74. The summed E-state index contributed by atoms with van der Waals surface area (Å²) in [5, 5.41) is 7.12. The van der Waals surface area contributed by atoms with Crippen molar-refractivity contribution in [2.75, 3.05) is 18.9 Å². The van der Waals surface area contributed by atoms with Crippen molar-refractivity contribution in [1.29, 1.82) is 0 Å². The first-order valence-electron chi connectivity index (χ1n) is 9.46. The maximum atomic E-state index is 12.1. The summed E-state index contributed by atoms with van der Waals surface area (Å²) in [7, 11) is -3.12. The summed E-state index contributed by atoms with van der Waals surface area (Å²) < 4.78 is 69.4. The van der Waals surface area contributed by atoms with Crippen molar-refractivity contribution < 1.29 is 41.0 Å². The highest BCUT2D eigenvalue weighted by molar-refractivity contribution is 7.89. The summed E-state index contributed by atoms with van der Waals surface area (Å²) in [5.41, 5.74) is 1.04. The van der Waals surface area contributed by atoms with Crippen LogP contribution in [0.1, 0.15) is 31.7 Å². The van der Waals surface area contributed by atoms with E-state index in [2.05, 4.69) is 4.98 Å². The van der Waals surface area contributed by atoms with Gasteiger partial charge in [-0.3, -0.25) is 4.98 Å². The Hall–Kier alpha value is -1.76. The van der Waals surface area contributed by atoms with Gasteiger partial charge in [0.15, 0.2) is 0 Å². The monoisotopic (exact) mass is 454 g/mol. The van der Waals surface area contributed by atoms with Crippen molar-refractivity contribution in [2.45, 2.75) is 57.2 Å². The molecule has 1 aromatic rings. The molecular formula is C18H25F3N2O6S. The van der Waals surface area contributed by atoms with Crippen LogP contribution in [0.25, 0.3) is 0 Å². The lowest BCUT2D eigenvalue weighted by atomic mass is 10.0. The fourth-order valence-corrected chi connectivity index (χ4v) is 4.75. The Labute approximate surface area is 173 Å². The van der Waals surface area contributed by atoms with E-state index in [0.717, 1.165) is 24.8 Å². The standard InChI is InChI=1S/C16H24N2O4S.C2HF3O2/c1-2-23(19,20)18-9-7-16-15(18)6-5-14(22-16)12-21-11-13-4-3-8-17-10-13;3-2(4,5)1(6)7/h3-4,8,10,14-16H,2,5-7,9,11-12H2,1H3;(H,6,7)/t14-,15+,16+;/m1./s1. The lowest BCUT2D eigenvalue weighted by molar-refractivity contribution is -0.192. The second kappa shape index (κ2) is 10.5. The van der Waals surface area contributed by atoms with Crippen LogP contribution >= 0.6 is 0 Å². The van der Waals surface area contributed by atoms with Crippen molar-refractivity contribution >= 4 is 16.0 Å². The van der Waals surface area contributed by atoms with E-state index in [0.29, 0.717) is 19.8 Å². The summed E-state index contributed by atoms with van der Waals surface area (Å²) >= 11 is 0. The van der Waals surface area contributed by atoms with Gasteiger partial charge in [-0.2, -0.15) is 17.5 Å². The number of hydrogen-bond acceptors (Lipinski definition) is 6. The van der Waals surface area contributed by atoms with E-state index in [-0.39, 0.29) is 24.0 Å². The normalized spacial score (nSPS) is 24.6. The van der Waals surface area contributed by atoms with Crippen LogP contribution in [0.4, 0.5) is 13.2 Å². The third-order valence-electron chi connectivity index (χ3n) is 4.84. The van der Waals surface area contributed by atoms with Crippen molar-refractivity contribution in [3.63, 3.8) is 0 Å². The Morgan fingerprint density at radius 3 is 2.63 bits per heavy atom. The smallest absolute Gasteiger partial charge is 0.475 e. The lowest BCUT2D eigenvalue weighted by Gasteiger charge is -2.35. The van der Waals surface area contributed by atoms with Gasteiger partial charge >= 0.3 is 12.1 Å². The summed E-state index contributed by atoms with van der Waals surface area (Å²) in [6.45, 7) is 3.34. The largest absolute Gasteiger partial charge is 0.490 e. The fraction of sp³-hybridized carbons (Fsp3) is 0.667. The highest BCUT2D eigenvalue weighted by Crippen LogP contribution is 2.33. The molecule has 0 aromatic carbocycles. The number of rotatable bonds is 6. The number of alkyl halides is 3. The van der Waals surface area contributed by atoms with Gasteiger partial charge in [0.25, 0.3) is 0 Å². The fourth-order valence-electron chi connectivity index (χ4n) is 3.38. The summed E-state index contributed by atoms with van der Waals surface area (Å²) in [6.07, 6.45) is 0.985. The van der Waals surface area contributed by atoms with Crippen LogP contribution < -0.4 is 0 Å². The van der Waals surface area contributed by atoms with E-state index < -0.39 is 22.2 Å². The van der Waals surface area contributed by atoms with E-state index >= 15 is 0 Å². The summed E-state index contributed by atoms with van der Waals surface area (Å²) in [6, 6.07) is 3.88.